The number of carboxylic acid groups (broad SMARTS) is 2. The molecule has 148 valence electrons. The fourth-order valence-electron chi connectivity index (χ4n) is 2.53. The summed E-state index contributed by atoms with van der Waals surface area (Å²) in [7, 11) is 0. The van der Waals surface area contributed by atoms with Gasteiger partial charge in [0.05, 0.1) is 11.8 Å². The second-order valence-electron chi connectivity index (χ2n) is 6.28. The molecule has 8 nitrogen and oxygen atoms in total. The molecule has 0 saturated heterocycles. The molecule has 0 heterocycles. The fourth-order valence-corrected chi connectivity index (χ4v) is 2.53. The van der Waals surface area contributed by atoms with Crippen LogP contribution in [0.25, 0.3) is 0 Å². The lowest BCUT2D eigenvalue weighted by Crippen LogP contribution is -2.46. The molecule has 3 unspecified atom stereocenters. The molecule has 1 aromatic rings. The molecule has 5 N–H and O–H groups in total. The number of carbonyl (C=O) groups excluding carboxylic acids is 1. The van der Waals surface area contributed by atoms with Crippen LogP contribution in [0.15, 0.2) is 30.4 Å². The number of allylic oxidation sites excluding steroid dienone is 2. The molecule has 0 fully saturated rings. The van der Waals surface area contributed by atoms with E-state index in [1.165, 1.54) is 25.1 Å². The molecular formula is C19H25NO7. The molecule has 1 amide bonds. The summed E-state index contributed by atoms with van der Waals surface area (Å²) in [6.07, 6.45) is 4.30. The summed E-state index contributed by atoms with van der Waals surface area (Å²) in [5.74, 6) is -5.74. The smallest absolute Gasteiger partial charge is 0.326 e. The van der Waals surface area contributed by atoms with Crippen LogP contribution in [0, 0.1) is 11.8 Å². The lowest BCUT2D eigenvalue weighted by molar-refractivity contribution is -0.147. The first kappa shape index (κ1) is 22.0. The highest BCUT2D eigenvalue weighted by Gasteiger charge is 2.32. The molecule has 1 aromatic carbocycles. The zero-order chi connectivity index (χ0) is 20.6. The number of phenolic OH excluding ortho intramolecular Hbond substituents is 2. The molecule has 0 aliphatic heterocycles. The lowest BCUT2D eigenvalue weighted by atomic mass is 9.89. The number of hydrogen-bond acceptors (Lipinski definition) is 5. The van der Waals surface area contributed by atoms with Gasteiger partial charge in [0.2, 0.25) is 5.91 Å². The first-order valence-electron chi connectivity index (χ1n) is 8.59. The van der Waals surface area contributed by atoms with E-state index in [1.807, 2.05) is 13.0 Å². The van der Waals surface area contributed by atoms with Gasteiger partial charge in [-0.1, -0.05) is 32.1 Å². The SMILES string of the molecule is CC/C=C/CC(C(=O)NC(Cc1ccc(O)c(O)c1)C(=O)O)C(C)C(=O)O. The monoisotopic (exact) mass is 379 g/mol. The number of carboxylic acids is 2. The fraction of sp³-hybridized carbons (Fsp3) is 0.421. The van der Waals surface area contributed by atoms with Gasteiger partial charge in [-0.05, 0) is 30.5 Å². The van der Waals surface area contributed by atoms with Gasteiger partial charge in [0, 0.05) is 6.42 Å². The minimum absolute atomic E-state index is 0.131. The number of aromatic hydroxyl groups is 2. The van der Waals surface area contributed by atoms with Crippen molar-refractivity contribution in [3.05, 3.63) is 35.9 Å². The number of rotatable bonds is 10. The van der Waals surface area contributed by atoms with E-state index in [-0.39, 0.29) is 18.6 Å². The van der Waals surface area contributed by atoms with E-state index in [0.29, 0.717) is 5.56 Å². The maximum atomic E-state index is 12.5. The Bertz CT molecular complexity index is 714. The van der Waals surface area contributed by atoms with Crippen LogP contribution in [-0.4, -0.2) is 44.3 Å². The Morgan fingerprint density at radius 3 is 2.26 bits per heavy atom. The highest BCUT2D eigenvalue weighted by Crippen LogP contribution is 2.25. The minimum Gasteiger partial charge on any atom is -0.504 e. The minimum atomic E-state index is -1.31. The molecule has 0 radical (unpaired) electrons. The molecule has 3 atom stereocenters. The van der Waals surface area contributed by atoms with Crippen LogP contribution >= 0.6 is 0 Å². The van der Waals surface area contributed by atoms with Crippen molar-refractivity contribution in [3.8, 4) is 11.5 Å². The zero-order valence-corrected chi connectivity index (χ0v) is 15.3. The van der Waals surface area contributed by atoms with Crippen LogP contribution in [0.2, 0.25) is 0 Å². The average Bonchev–Trinajstić information content (AvgIpc) is 2.60. The quantitative estimate of drug-likeness (QED) is 0.308. The van der Waals surface area contributed by atoms with Crippen molar-refractivity contribution in [2.45, 2.75) is 39.2 Å². The third-order valence-electron chi connectivity index (χ3n) is 4.22. The summed E-state index contributed by atoms with van der Waals surface area (Å²) < 4.78 is 0. The standard InChI is InChI=1S/C19H25NO7/c1-3-4-5-6-13(11(2)18(24)25)17(23)20-14(19(26)27)9-12-7-8-15(21)16(22)10-12/h4-5,7-8,10-11,13-14,21-22H,3,6,9H2,1-2H3,(H,20,23)(H,24,25)(H,26,27)/b5-4+. The van der Waals surface area contributed by atoms with Crippen LogP contribution < -0.4 is 5.32 Å². The topological polar surface area (TPSA) is 144 Å². The van der Waals surface area contributed by atoms with Gasteiger partial charge < -0.3 is 25.7 Å². The van der Waals surface area contributed by atoms with Crippen LogP contribution in [-0.2, 0) is 20.8 Å². The Hall–Kier alpha value is -3.03. The van der Waals surface area contributed by atoms with Gasteiger partial charge in [0.15, 0.2) is 11.5 Å². The van der Waals surface area contributed by atoms with Crippen molar-refractivity contribution in [1.29, 1.82) is 0 Å². The number of phenols is 2. The molecule has 1 rings (SSSR count). The number of carbonyl (C=O) groups is 3. The molecule has 8 heteroatoms. The van der Waals surface area contributed by atoms with Crippen molar-refractivity contribution in [3.63, 3.8) is 0 Å². The van der Waals surface area contributed by atoms with E-state index in [1.54, 1.807) is 6.08 Å². The number of amides is 1. The first-order chi connectivity index (χ1) is 12.7. The van der Waals surface area contributed by atoms with Gasteiger partial charge >= 0.3 is 11.9 Å². The second kappa shape index (κ2) is 10.2. The third kappa shape index (κ3) is 6.65. The van der Waals surface area contributed by atoms with Gasteiger partial charge in [-0.3, -0.25) is 9.59 Å². The van der Waals surface area contributed by atoms with Crippen LogP contribution in [0.5, 0.6) is 11.5 Å². The van der Waals surface area contributed by atoms with Gasteiger partial charge in [0.1, 0.15) is 6.04 Å². The Labute approximate surface area is 157 Å². The maximum absolute atomic E-state index is 12.5. The van der Waals surface area contributed by atoms with E-state index in [0.717, 1.165) is 6.42 Å². The summed E-state index contributed by atoms with van der Waals surface area (Å²) in [4.78, 5) is 35.4. The van der Waals surface area contributed by atoms with Crippen molar-refractivity contribution < 1.29 is 34.8 Å². The zero-order valence-electron chi connectivity index (χ0n) is 15.3. The predicted octanol–water partition coefficient (Wildman–Crippen LogP) is 1.90. The summed E-state index contributed by atoms with van der Waals surface area (Å²) in [6.45, 7) is 3.31. The normalized spacial score (nSPS) is 14.4. The van der Waals surface area contributed by atoms with Crippen LogP contribution in [0.4, 0.5) is 0 Å². The van der Waals surface area contributed by atoms with Crippen LogP contribution in [0.3, 0.4) is 0 Å². The molecular weight excluding hydrogens is 354 g/mol. The number of nitrogens with one attached hydrogen (secondary N) is 1. The maximum Gasteiger partial charge on any atom is 0.326 e. The van der Waals surface area contributed by atoms with Crippen molar-refractivity contribution >= 4 is 17.8 Å². The second-order valence-corrected chi connectivity index (χ2v) is 6.28. The Kier molecular flexibility index (Phi) is 8.32. The lowest BCUT2D eigenvalue weighted by Gasteiger charge is -2.22. The average molecular weight is 379 g/mol. The largest absolute Gasteiger partial charge is 0.504 e. The first-order valence-corrected chi connectivity index (χ1v) is 8.59. The van der Waals surface area contributed by atoms with Crippen LogP contribution in [0.1, 0.15) is 32.3 Å². The van der Waals surface area contributed by atoms with E-state index >= 15 is 0 Å². The predicted molar refractivity (Wildman–Crippen MR) is 97.4 cm³/mol. The van der Waals surface area contributed by atoms with Gasteiger partial charge in [0.25, 0.3) is 0 Å². The molecule has 0 spiro atoms. The number of hydrogen-bond donors (Lipinski definition) is 5. The Morgan fingerprint density at radius 1 is 1.07 bits per heavy atom. The van der Waals surface area contributed by atoms with Crippen molar-refractivity contribution in [2.24, 2.45) is 11.8 Å². The summed E-state index contributed by atoms with van der Waals surface area (Å²) >= 11 is 0. The third-order valence-corrected chi connectivity index (χ3v) is 4.22. The van der Waals surface area contributed by atoms with Gasteiger partial charge in [-0.25, -0.2) is 4.79 Å². The van der Waals surface area contributed by atoms with E-state index in [4.69, 9.17) is 0 Å². The van der Waals surface area contributed by atoms with Gasteiger partial charge in [-0.15, -0.1) is 0 Å². The molecule has 0 bridgehead atoms. The van der Waals surface area contributed by atoms with Crippen molar-refractivity contribution in [2.75, 3.05) is 0 Å². The summed E-state index contributed by atoms with van der Waals surface area (Å²) in [5.41, 5.74) is 0.395. The summed E-state index contributed by atoms with van der Waals surface area (Å²) in [6, 6.07) is 2.55. The Morgan fingerprint density at radius 2 is 1.74 bits per heavy atom. The summed E-state index contributed by atoms with van der Waals surface area (Å²) in [5, 5.41) is 39.8. The van der Waals surface area contributed by atoms with E-state index in [2.05, 4.69) is 5.32 Å². The molecule has 0 aliphatic rings. The van der Waals surface area contributed by atoms with E-state index < -0.39 is 41.5 Å². The Balaban J connectivity index is 2.95. The van der Waals surface area contributed by atoms with Crippen molar-refractivity contribution in [1.82, 2.24) is 5.32 Å². The van der Waals surface area contributed by atoms with Gasteiger partial charge in [-0.2, -0.15) is 0 Å². The number of benzene rings is 1. The van der Waals surface area contributed by atoms with E-state index in [9.17, 15) is 34.8 Å². The molecule has 27 heavy (non-hydrogen) atoms. The molecule has 0 saturated carbocycles. The highest BCUT2D eigenvalue weighted by atomic mass is 16.4. The molecule has 0 aromatic heterocycles. The molecule has 0 aliphatic carbocycles. The highest BCUT2D eigenvalue weighted by molar-refractivity contribution is 5.88. The number of aliphatic carboxylic acids is 2.